The number of benzene rings is 1. The van der Waals surface area contributed by atoms with E-state index >= 15 is 0 Å². The smallest absolute Gasteiger partial charge is 0.496 e. The molecule has 0 spiro atoms. The van der Waals surface area contributed by atoms with Crippen molar-refractivity contribution < 1.29 is 44.6 Å². The van der Waals surface area contributed by atoms with Gasteiger partial charge in [-0.3, -0.25) is 0 Å². The molecule has 12 heteroatoms. The van der Waals surface area contributed by atoms with Crippen LogP contribution < -0.4 is 15.2 Å². The maximum Gasteiger partial charge on any atom is 0.573 e. The van der Waals surface area contributed by atoms with E-state index in [2.05, 4.69) is 9.47 Å². The van der Waals surface area contributed by atoms with Crippen molar-refractivity contribution in [1.82, 2.24) is 0 Å². The molecular weight excluding hydrogens is 366 g/mol. The van der Waals surface area contributed by atoms with Crippen LogP contribution in [0.1, 0.15) is 11.6 Å². The summed E-state index contributed by atoms with van der Waals surface area (Å²) in [5.74, 6) is -6.92. The van der Waals surface area contributed by atoms with Crippen LogP contribution in [0, 0.1) is 0 Å². The van der Waals surface area contributed by atoms with E-state index in [0.29, 0.717) is 12.1 Å². The molecule has 0 aliphatic heterocycles. The molecule has 0 heterocycles. The Balaban J connectivity index is 0.00000484. The van der Waals surface area contributed by atoms with Gasteiger partial charge in [-0.2, -0.15) is 22.0 Å². The van der Waals surface area contributed by atoms with Gasteiger partial charge in [-0.05, 0) is 18.2 Å². The van der Waals surface area contributed by atoms with Gasteiger partial charge < -0.3 is 15.2 Å². The van der Waals surface area contributed by atoms with E-state index in [1.54, 1.807) is 0 Å². The molecule has 0 aliphatic rings. The lowest BCUT2D eigenvalue weighted by Gasteiger charge is -2.27. The van der Waals surface area contributed by atoms with Gasteiger partial charge in [0.25, 0.3) is 0 Å². The largest absolute Gasteiger partial charge is 0.573 e. The molecule has 1 atom stereocenters. The Morgan fingerprint density at radius 1 is 1.00 bits per heavy atom. The van der Waals surface area contributed by atoms with E-state index in [9.17, 15) is 35.1 Å². The van der Waals surface area contributed by atoms with Crippen molar-refractivity contribution in [2.45, 2.75) is 24.5 Å². The zero-order chi connectivity index (χ0) is 17.3. The molecule has 0 unspecified atom stereocenters. The summed E-state index contributed by atoms with van der Waals surface area (Å²) in [6.45, 7) is 0. The number of alkyl halides is 8. The molecule has 0 fully saturated rings. The predicted molar refractivity (Wildman–Crippen MR) is 64.9 cm³/mol. The summed E-state index contributed by atoms with van der Waals surface area (Å²) in [5, 5.41) is 0. The summed E-state index contributed by atoms with van der Waals surface area (Å²) in [6.07, 6.45) is -11.1. The molecule has 0 saturated heterocycles. The highest BCUT2D eigenvalue weighted by atomic mass is 35.5. The summed E-state index contributed by atoms with van der Waals surface area (Å²) in [6, 6.07) is -1.23. The van der Waals surface area contributed by atoms with Crippen LogP contribution in [0.4, 0.5) is 35.1 Å². The zero-order valence-electron chi connectivity index (χ0n) is 11.1. The van der Waals surface area contributed by atoms with Crippen LogP contribution in [0.3, 0.4) is 0 Å². The highest BCUT2D eigenvalue weighted by Crippen LogP contribution is 2.46. The van der Waals surface area contributed by atoms with Crippen LogP contribution in [0.15, 0.2) is 18.2 Å². The quantitative estimate of drug-likeness (QED) is 0.802. The second-order valence-electron chi connectivity index (χ2n) is 4.05. The van der Waals surface area contributed by atoms with Crippen LogP contribution in [0.2, 0.25) is 0 Å². The van der Waals surface area contributed by atoms with Gasteiger partial charge in [-0.1, -0.05) is 0 Å². The molecule has 134 valence electrons. The second-order valence-corrected chi connectivity index (χ2v) is 4.05. The number of rotatable bonds is 4. The van der Waals surface area contributed by atoms with Gasteiger partial charge in [-0.25, -0.2) is 0 Å². The minimum absolute atomic E-state index is 0. The summed E-state index contributed by atoms with van der Waals surface area (Å²) >= 11 is 0. The molecule has 1 rings (SSSR count). The zero-order valence-corrected chi connectivity index (χ0v) is 12.0. The topological polar surface area (TPSA) is 44.5 Å². The third-order valence-electron chi connectivity index (χ3n) is 2.54. The van der Waals surface area contributed by atoms with Crippen molar-refractivity contribution in [3.8, 4) is 11.5 Å². The number of hydrogen-bond acceptors (Lipinski definition) is 3. The van der Waals surface area contributed by atoms with Crippen molar-refractivity contribution in [1.29, 1.82) is 0 Å². The van der Waals surface area contributed by atoms with Gasteiger partial charge in [0.2, 0.25) is 0 Å². The first kappa shape index (κ1) is 21.5. The van der Waals surface area contributed by atoms with Crippen LogP contribution in [0.25, 0.3) is 0 Å². The maximum absolute atomic E-state index is 13.2. The summed E-state index contributed by atoms with van der Waals surface area (Å²) in [4.78, 5) is 0. The fourth-order valence-electron chi connectivity index (χ4n) is 1.52. The molecule has 1 aromatic rings. The molecule has 0 bridgehead atoms. The Bertz CT molecular complexity index is 532. The van der Waals surface area contributed by atoms with Gasteiger partial charge >= 0.3 is 18.5 Å². The molecule has 23 heavy (non-hydrogen) atoms. The Morgan fingerprint density at radius 3 is 1.91 bits per heavy atom. The SMILES string of the molecule is COc1ccc(OC(F)(F)F)cc1[C@H](N)C(F)(F)C(F)(F)F.Cl. The maximum atomic E-state index is 13.2. The van der Waals surface area contributed by atoms with Crippen LogP contribution >= 0.6 is 12.4 Å². The first-order valence-electron chi connectivity index (χ1n) is 5.43. The van der Waals surface area contributed by atoms with Gasteiger partial charge in [0, 0.05) is 5.56 Å². The third kappa shape index (κ3) is 4.99. The molecule has 3 nitrogen and oxygen atoms in total. The van der Waals surface area contributed by atoms with E-state index in [1.807, 2.05) is 0 Å². The van der Waals surface area contributed by atoms with Crippen molar-refractivity contribution >= 4 is 12.4 Å². The lowest BCUT2D eigenvalue weighted by Crippen LogP contribution is -2.46. The van der Waals surface area contributed by atoms with Gasteiger partial charge in [-0.15, -0.1) is 25.6 Å². The third-order valence-corrected chi connectivity index (χ3v) is 2.54. The Kier molecular flexibility index (Phi) is 6.50. The normalized spacial score (nSPS) is 14.0. The first-order chi connectivity index (χ1) is 9.79. The molecule has 0 aromatic heterocycles. The van der Waals surface area contributed by atoms with Crippen LogP contribution in [0.5, 0.6) is 11.5 Å². The molecule has 0 radical (unpaired) electrons. The minimum atomic E-state index is -5.99. The van der Waals surface area contributed by atoms with E-state index in [-0.39, 0.29) is 12.4 Å². The number of ether oxygens (including phenoxy) is 2. The number of nitrogens with two attached hydrogens (primary N) is 1. The molecule has 0 aliphatic carbocycles. The van der Waals surface area contributed by atoms with E-state index in [1.165, 1.54) is 0 Å². The van der Waals surface area contributed by atoms with E-state index in [0.717, 1.165) is 13.2 Å². The average molecular weight is 376 g/mol. The Labute approximate surface area is 130 Å². The lowest BCUT2D eigenvalue weighted by molar-refractivity contribution is -0.291. The van der Waals surface area contributed by atoms with Gasteiger partial charge in [0.15, 0.2) is 0 Å². The van der Waals surface area contributed by atoms with Gasteiger partial charge in [0.05, 0.1) is 7.11 Å². The Morgan fingerprint density at radius 2 is 1.52 bits per heavy atom. The first-order valence-corrected chi connectivity index (χ1v) is 5.43. The fraction of sp³-hybridized carbons (Fsp3) is 0.455. The number of hydrogen-bond donors (Lipinski definition) is 1. The molecule has 2 N–H and O–H groups in total. The number of halogens is 9. The van der Waals surface area contributed by atoms with E-state index in [4.69, 9.17) is 5.73 Å². The molecule has 0 amide bonds. The van der Waals surface area contributed by atoms with Crippen molar-refractivity contribution in [3.05, 3.63) is 23.8 Å². The van der Waals surface area contributed by atoms with Crippen molar-refractivity contribution in [2.24, 2.45) is 5.73 Å². The summed E-state index contributed by atoms with van der Waals surface area (Å²) < 4.78 is 108. The van der Waals surface area contributed by atoms with Gasteiger partial charge in [0.1, 0.15) is 17.5 Å². The summed E-state index contributed by atoms with van der Waals surface area (Å²) in [7, 11) is 0.932. The standard InChI is InChI=1S/C11H9F8NO2.ClH/c1-21-7-3-2-5(22-11(17,18)19)4-6(7)8(20)9(12,13)10(14,15)16;/h2-4,8H,20H2,1H3;1H/t8-;/m0./s1. The fourth-order valence-corrected chi connectivity index (χ4v) is 1.52. The average Bonchev–Trinajstić information content (AvgIpc) is 2.34. The Hall–Kier alpha value is -1.49. The second kappa shape index (κ2) is 6.95. The lowest BCUT2D eigenvalue weighted by atomic mass is 9.99. The van der Waals surface area contributed by atoms with Crippen LogP contribution in [-0.2, 0) is 0 Å². The van der Waals surface area contributed by atoms with Crippen molar-refractivity contribution in [3.63, 3.8) is 0 Å². The minimum Gasteiger partial charge on any atom is -0.496 e. The highest BCUT2D eigenvalue weighted by molar-refractivity contribution is 5.85. The molecule has 1 aromatic carbocycles. The van der Waals surface area contributed by atoms with E-state index < -0.39 is 41.6 Å². The predicted octanol–water partition coefficient (Wildman–Crippen LogP) is 4.21. The summed E-state index contributed by atoms with van der Waals surface area (Å²) in [5.41, 5.74) is 3.90. The molecular formula is C11H10ClF8NO2. The number of methoxy groups -OCH3 is 1. The molecule has 0 saturated carbocycles. The monoisotopic (exact) mass is 375 g/mol. The van der Waals surface area contributed by atoms with Crippen LogP contribution in [-0.4, -0.2) is 25.6 Å². The highest BCUT2D eigenvalue weighted by Gasteiger charge is 2.62. The van der Waals surface area contributed by atoms with Crippen molar-refractivity contribution in [2.75, 3.05) is 7.11 Å².